The second-order valence-electron chi connectivity index (χ2n) is 3.56. The Morgan fingerprint density at radius 1 is 1.27 bits per heavy atom. The van der Waals surface area contributed by atoms with Gasteiger partial charge in [-0.05, 0) is 0 Å². The predicted octanol–water partition coefficient (Wildman–Crippen LogP) is -0.303. The Balaban J connectivity index is 2.40. The minimum Gasteiger partial charge on any atom is -0.319 e. The molecule has 0 aromatic heterocycles. The summed E-state index contributed by atoms with van der Waals surface area (Å²) in [5, 5.41) is 18.8. The number of aliphatic hydroxyl groups excluding tert-OH is 1. The van der Waals surface area contributed by atoms with E-state index in [9.17, 15) is 15.0 Å². The van der Waals surface area contributed by atoms with Gasteiger partial charge in [-0.1, -0.05) is 18.2 Å². The number of quaternary nitrogens is 1. The summed E-state index contributed by atoms with van der Waals surface area (Å²) < 4.78 is -0.306. The quantitative estimate of drug-likeness (QED) is 0.462. The summed E-state index contributed by atoms with van der Waals surface area (Å²) in [5.41, 5.74) is 3.25. The second-order valence-corrected chi connectivity index (χ2v) is 3.56. The molecule has 1 saturated heterocycles. The van der Waals surface area contributed by atoms with E-state index in [1.165, 1.54) is 0 Å². The fourth-order valence-electron chi connectivity index (χ4n) is 1.81. The summed E-state index contributed by atoms with van der Waals surface area (Å²) in [5.74, 6) is -0.174. The smallest absolute Gasteiger partial charge is 0.319 e. The number of amides is 1. The summed E-state index contributed by atoms with van der Waals surface area (Å²) in [6, 6.07) is 8.93. The number of hydrogen-bond donors (Lipinski definition) is 3. The molecule has 1 atom stereocenters. The van der Waals surface area contributed by atoms with Gasteiger partial charge < -0.3 is 10.2 Å². The van der Waals surface area contributed by atoms with Crippen molar-refractivity contribution in [2.45, 2.75) is 12.8 Å². The molecule has 1 heterocycles. The van der Waals surface area contributed by atoms with Crippen molar-refractivity contribution in [2.24, 2.45) is 0 Å². The molecule has 1 aliphatic rings. The molecule has 0 bridgehead atoms. The number of carbonyl (C=O) groups is 1. The lowest BCUT2D eigenvalue weighted by Crippen LogP contribution is -2.62. The zero-order chi connectivity index (χ0) is 10.9. The van der Waals surface area contributed by atoms with Crippen LogP contribution in [0.3, 0.4) is 0 Å². The number of rotatable bonds is 2. The van der Waals surface area contributed by atoms with Crippen LogP contribution in [0.4, 0.5) is 5.69 Å². The van der Waals surface area contributed by atoms with Crippen LogP contribution in [0.25, 0.3) is 0 Å². The van der Waals surface area contributed by atoms with Gasteiger partial charge in [0.2, 0.25) is 0 Å². The summed E-state index contributed by atoms with van der Waals surface area (Å²) >= 11 is 0. The number of benzene rings is 1. The maximum absolute atomic E-state index is 11.2. The molecule has 0 saturated carbocycles. The van der Waals surface area contributed by atoms with Crippen LogP contribution >= 0.6 is 0 Å². The molecule has 5 heteroatoms. The van der Waals surface area contributed by atoms with Crippen LogP contribution in [0.1, 0.15) is 6.42 Å². The molecule has 0 radical (unpaired) electrons. The number of para-hydroxylation sites is 1. The van der Waals surface area contributed by atoms with Crippen molar-refractivity contribution < 1.29 is 15.0 Å². The highest BCUT2D eigenvalue weighted by molar-refractivity contribution is 5.80. The number of nitrogens with one attached hydrogen (secondary N) is 1. The van der Waals surface area contributed by atoms with E-state index in [4.69, 9.17) is 0 Å². The average molecular weight is 209 g/mol. The molecule has 1 fully saturated rings. The lowest BCUT2D eigenvalue weighted by molar-refractivity contribution is -0.163. The standard InChI is InChI=1S/C10H12N2O3/c13-9-6-7-12(11-9,10(14)15)8-4-2-1-3-5-8/h1-5,10,14-15H,6-7H2/p+1. The maximum atomic E-state index is 11.2. The molecule has 2 rings (SSSR count). The minimum atomic E-state index is -1.64. The summed E-state index contributed by atoms with van der Waals surface area (Å²) in [4.78, 5) is 11.2. The Morgan fingerprint density at radius 3 is 2.40 bits per heavy atom. The third-order valence-corrected chi connectivity index (χ3v) is 2.63. The first-order valence-electron chi connectivity index (χ1n) is 4.76. The minimum absolute atomic E-state index is 0.174. The fraction of sp³-hybridized carbons (Fsp3) is 0.300. The number of nitrogens with zero attached hydrogens (tertiary/aromatic N) is 1. The van der Waals surface area contributed by atoms with Crippen LogP contribution in [0.2, 0.25) is 0 Å². The molecule has 0 aliphatic carbocycles. The highest BCUT2D eigenvalue weighted by atomic mass is 16.5. The van der Waals surface area contributed by atoms with Crippen molar-refractivity contribution in [1.29, 1.82) is 0 Å². The van der Waals surface area contributed by atoms with E-state index < -0.39 is 6.41 Å². The first-order valence-corrected chi connectivity index (χ1v) is 4.76. The van der Waals surface area contributed by atoms with E-state index in [1.807, 2.05) is 6.07 Å². The van der Waals surface area contributed by atoms with Crippen LogP contribution in [0.5, 0.6) is 0 Å². The molecule has 1 aromatic rings. The summed E-state index contributed by atoms with van der Waals surface area (Å²) in [6.07, 6.45) is -1.34. The van der Waals surface area contributed by atoms with Gasteiger partial charge in [0.1, 0.15) is 6.54 Å². The van der Waals surface area contributed by atoms with Gasteiger partial charge in [-0.15, -0.1) is 4.59 Å². The molecule has 1 unspecified atom stereocenters. The zero-order valence-corrected chi connectivity index (χ0v) is 8.13. The summed E-state index contributed by atoms with van der Waals surface area (Å²) in [7, 11) is 0. The van der Waals surface area contributed by atoms with Crippen LogP contribution in [0, 0.1) is 0 Å². The third-order valence-electron chi connectivity index (χ3n) is 2.63. The van der Waals surface area contributed by atoms with Crippen molar-refractivity contribution in [3.63, 3.8) is 0 Å². The van der Waals surface area contributed by atoms with Crippen LogP contribution < -0.4 is 10.0 Å². The molecule has 3 N–H and O–H groups in total. The highest BCUT2D eigenvalue weighted by Crippen LogP contribution is 2.25. The third kappa shape index (κ3) is 1.61. The molecule has 15 heavy (non-hydrogen) atoms. The molecule has 1 amide bonds. The fourth-order valence-corrected chi connectivity index (χ4v) is 1.81. The van der Waals surface area contributed by atoms with Gasteiger partial charge in [0.15, 0.2) is 5.69 Å². The van der Waals surface area contributed by atoms with Crippen molar-refractivity contribution in [1.82, 2.24) is 10.0 Å². The lowest BCUT2D eigenvalue weighted by atomic mass is 10.3. The highest BCUT2D eigenvalue weighted by Gasteiger charge is 2.45. The van der Waals surface area contributed by atoms with Crippen molar-refractivity contribution >= 4 is 11.6 Å². The second kappa shape index (κ2) is 3.62. The monoisotopic (exact) mass is 209 g/mol. The van der Waals surface area contributed by atoms with E-state index in [-0.39, 0.29) is 10.5 Å². The Bertz CT molecular complexity index is 366. The molecular formula is C10H13N2O3+. The van der Waals surface area contributed by atoms with Crippen LogP contribution in [0.15, 0.2) is 30.3 Å². The van der Waals surface area contributed by atoms with Gasteiger partial charge in [-0.3, -0.25) is 4.79 Å². The predicted molar refractivity (Wildman–Crippen MR) is 54.1 cm³/mol. The van der Waals surface area contributed by atoms with Crippen LogP contribution in [-0.4, -0.2) is 29.1 Å². The number of carbonyl (C=O) groups excluding carboxylic acids is 1. The molecule has 0 spiro atoms. The van der Waals surface area contributed by atoms with E-state index in [1.54, 1.807) is 24.3 Å². The summed E-state index contributed by atoms with van der Waals surface area (Å²) in [6.45, 7) is 0.348. The van der Waals surface area contributed by atoms with E-state index >= 15 is 0 Å². The maximum Gasteiger partial charge on any atom is 0.332 e. The lowest BCUT2D eigenvalue weighted by Gasteiger charge is -2.32. The van der Waals surface area contributed by atoms with E-state index in [2.05, 4.69) is 5.43 Å². The molecule has 5 nitrogen and oxygen atoms in total. The molecule has 1 aliphatic heterocycles. The first-order chi connectivity index (χ1) is 7.15. The van der Waals surface area contributed by atoms with Crippen LogP contribution in [-0.2, 0) is 4.79 Å². The van der Waals surface area contributed by atoms with Gasteiger partial charge in [0, 0.05) is 12.1 Å². The van der Waals surface area contributed by atoms with Gasteiger partial charge in [-0.2, -0.15) is 5.43 Å². The van der Waals surface area contributed by atoms with Crippen molar-refractivity contribution in [3.8, 4) is 0 Å². The Kier molecular flexibility index (Phi) is 2.44. The van der Waals surface area contributed by atoms with Gasteiger partial charge in [0.25, 0.3) is 5.91 Å². The molecule has 1 aromatic carbocycles. The Morgan fingerprint density at radius 2 is 1.93 bits per heavy atom. The number of hydrogen-bond acceptors (Lipinski definition) is 3. The average Bonchev–Trinajstić information content (AvgIpc) is 2.63. The first kappa shape index (κ1) is 10.1. The largest absolute Gasteiger partial charge is 0.332 e. The Labute approximate surface area is 87.1 Å². The molecular weight excluding hydrogens is 196 g/mol. The van der Waals surface area contributed by atoms with E-state index in [0.29, 0.717) is 18.7 Å². The van der Waals surface area contributed by atoms with Gasteiger partial charge in [-0.25, -0.2) is 0 Å². The zero-order valence-electron chi connectivity index (χ0n) is 8.13. The normalized spacial score (nSPS) is 25.7. The van der Waals surface area contributed by atoms with Gasteiger partial charge >= 0.3 is 6.41 Å². The van der Waals surface area contributed by atoms with Crippen molar-refractivity contribution in [3.05, 3.63) is 30.3 Å². The SMILES string of the molecule is O=C1CC[N+](c2ccccc2)(C(O)O)N1. The Hall–Kier alpha value is -1.43. The van der Waals surface area contributed by atoms with Crippen molar-refractivity contribution in [2.75, 3.05) is 6.54 Å². The number of aliphatic hydroxyl groups is 2. The van der Waals surface area contributed by atoms with Gasteiger partial charge in [0.05, 0.1) is 6.42 Å². The molecule has 80 valence electrons. The van der Waals surface area contributed by atoms with E-state index in [0.717, 1.165) is 0 Å². The topological polar surface area (TPSA) is 69.6 Å².